The summed E-state index contributed by atoms with van der Waals surface area (Å²) in [6.45, 7) is 4.32. The van der Waals surface area contributed by atoms with Crippen molar-refractivity contribution >= 4 is 16.6 Å². The highest BCUT2D eigenvalue weighted by atomic mass is 15.2. The summed E-state index contributed by atoms with van der Waals surface area (Å²) in [5.74, 6) is 5.96. The van der Waals surface area contributed by atoms with Gasteiger partial charge in [0.25, 0.3) is 0 Å². The van der Waals surface area contributed by atoms with E-state index in [0.717, 1.165) is 28.7 Å². The van der Waals surface area contributed by atoms with E-state index >= 15 is 0 Å². The van der Waals surface area contributed by atoms with Crippen molar-refractivity contribution in [2.45, 2.75) is 26.2 Å². The molecule has 1 unspecified atom stereocenters. The number of nitrogens with one attached hydrogen (secondary N) is 1. The minimum Gasteiger partial charge on any atom is -0.322 e. The zero-order valence-electron chi connectivity index (χ0n) is 9.70. The van der Waals surface area contributed by atoms with Gasteiger partial charge in [0, 0.05) is 11.3 Å². The van der Waals surface area contributed by atoms with Gasteiger partial charge in [-0.25, -0.2) is 0 Å². The van der Waals surface area contributed by atoms with Crippen LogP contribution in [0, 0.1) is 0 Å². The number of pyridine rings is 1. The van der Waals surface area contributed by atoms with Crippen LogP contribution in [0.1, 0.15) is 31.9 Å². The summed E-state index contributed by atoms with van der Waals surface area (Å²) in [6, 6.07) is 10.1. The van der Waals surface area contributed by atoms with E-state index in [2.05, 4.69) is 30.3 Å². The Labute approximate surface area is 95.7 Å². The molecule has 3 heteroatoms. The molecule has 1 heterocycles. The molecule has 84 valence electrons. The monoisotopic (exact) mass is 215 g/mol. The maximum Gasteiger partial charge on any atom is 0.0710 e. The van der Waals surface area contributed by atoms with Crippen molar-refractivity contribution in [3.8, 4) is 0 Å². The van der Waals surface area contributed by atoms with Gasteiger partial charge in [-0.1, -0.05) is 32.0 Å². The number of nitrogens with zero attached hydrogens (tertiary/aromatic N) is 1. The molecular weight excluding hydrogens is 198 g/mol. The molecule has 0 amide bonds. The number of benzene rings is 1. The molecule has 0 saturated heterocycles. The molecule has 16 heavy (non-hydrogen) atoms. The number of anilines is 1. The zero-order valence-corrected chi connectivity index (χ0v) is 9.70. The Morgan fingerprint density at radius 2 is 2.12 bits per heavy atom. The number of fused-ring (bicyclic) bond motifs is 1. The Morgan fingerprint density at radius 3 is 2.81 bits per heavy atom. The molecule has 3 nitrogen and oxygen atoms in total. The average molecular weight is 215 g/mol. The van der Waals surface area contributed by atoms with Crippen LogP contribution in [0.5, 0.6) is 0 Å². The highest BCUT2D eigenvalue weighted by Crippen LogP contribution is 2.27. The van der Waals surface area contributed by atoms with Gasteiger partial charge in [0.2, 0.25) is 0 Å². The fourth-order valence-corrected chi connectivity index (χ4v) is 1.82. The van der Waals surface area contributed by atoms with Gasteiger partial charge in [-0.3, -0.25) is 10.8 Å². The van der Waals surface area contributed by atoms with Crippen molar-refractivity contribution in [1.29, 1.82) is 0 Å². The molecule has 1 aromatic heterocycles. The Morgan fingerprint density at radius 1 is 1.38 bits per heavy atom. The molecular formula is C13H17N3. The summed E-state index contributed by atoms with van der Waals surface area (Å²) in [7, 11) is 0. The number of hydrogen-bond acceptors (Lipinski definition) is 3. The van der Waals surface area contributed by atoms with Crippen LogP contribution in [0.15, 0.2) is 30.3 Å². The first-order valence-electron chi connectivity index (χ1n) is 5.62. The van der Waals surface area contributed by atoms with Crippen LogP contribution in [0.4, 0.5) is 5.69 Å². The predicted molar refractivity (Wildman–Crippen MR) is 68.3 cm³/mol. The summed E-state index contributed by atoms with van der Waals surface area (Å²) in [5.41, 5.74) is 5.73. The molecule has 0 aliphatic heterocycles. The van der Waals surface area contributed by atoms with Crippen molar-refractivity contribution in [2.24, 2.45) is 5.84 Å². The van der Waals surface area contributed by atoms with Crippen molar-refractivity contribution in [1.82, 2.24) is 4.98 Å². The van der Waals surface area contributed by atoms with E-state index in [1.807, 2.05) is 24.3 Å². The Bertz CT molecular complexity index is 494. The quantitative estimate of drug-likeness (QED) is 0.611. The molecule has 0 spiro atoms. The van der Waals surface area contributed by atoms with Crippen molar-refractivity contribution in [2.75, 3.05) is 5.43 Å². The lowest BCUT2D eigenvalue weighted by Gasteiger charge is -2.14. The van der Waals surface area contributed by atoms with Crippen LogP contribution < -0.4 is 11.3 Å². The molecule has 0 radical (unpaired) electrons. The first-order chi connectivity index (χ1) is 7.76. The molecule has 0 aliphatic carbocycles. The largest absolute Gasteiger partial charge is 0.322 e. The third-order valence-electron chi connectivity index (χ3n) is 2.99. The van der Waals surface area contributed by atoms with Gasteiger partial charge in [-0.05, 0) is 18.6 Å². The minimum atomic E-state index is 0.413. The SMILES string of the molecule is CCC(C)c1nc2ccccc2cc1NN. The highest BCUT2D eigenvalue weighted by molar-refractivity contribution is 5.82. The van der Waals surface area contributed by atoms with Gasteiger partial charge in [-0.2, -0.15) is 0 Å². The smallest absolute Gasteiger partial charge is 0.0710 e. The number of nitrogen functional groups attached to an aromatic ring is 1. The average Bonchev–Trinajstić information content (AvgIpc) is 2.36. The first-order valence-corrected chi connectivity index (χ1v) is 5.62. The van der Waals surface area contributed by atoms with Gasteiger partial charge in [0.05, 0.1) is 16.9 Å². The number of para-hydroxylation sites is 1. The van der Waals surface area contributed by atoms with E-state index in [4.69, 9.17) is 5.84 Å². The molecule has 1 atom stereocenters. The Hall–Kier alpha value is -1.61. The second-order valence-corrected chi connectivity index (χ2v) is 4.07. The second kappa shape index (κ2) is 4.49. The maximum atomic E-state index is 5.54. The fraction of sp³-hybridized carbons (Fsp3) is 0.308. The number of aromatic nitrogens is 1. The predicted octanol–water partition coefficient (Wildman–Crippen LogP) is 3.03. The fourth-order valence-electron chi connectivity index (χ4n) is 1.82. The van der Waals surface area contributed by atoms with E-state index in [0.29, 0.717) is 5.92 Å². The topological polar surface area (TPSA) is 50.9 Å². The van der Waals surface area contributed by atoms with Crippen molar-refractivity contribution in [3.05, 3.63) is 36.0 Å². The van der Waals surface area contributed by atoms with E-state index < -0.39 is 0 Å². The lowest BCUT2D eigenvalue weighted by atomic mass is 10.0. The lowest BCUT2D eigenvalue weighted by Crippen LogP contribution is -2.11. The van der Waals surface area contributed by atoms with E-state index in [1.54, 1.807) is 0 Å². The summed E-state index contributed by atoms with van der Waals surface area (Å²) >= 11 is 0. The van der Waals surface area contributed by atoms with Gasteiger partial charge >= 0.3 is 0 Å². The van der Waals surface area contributed by atoms with Crippen LogP contribution >= 0.6 is 0 Å². The second-order valence-electron chi connectivity index (χ2n) is 4.07. The lowest BCUT2D eigenvalue weighted by molar-refractivity contribution is 0.713. The molecule has 3 N–H and O–H groups in total. The Kier molecular flexibility index (Phi) is 3.06. The minimum absolute atomic E-state index is 0.413. The van der Waals surface area contributed by atoms with Crippen LogP contribution in [0.25, 0.3) is 10.9 Å². The van der Waals surface area contributed by atoms with Crippen LogP contribution in [0.3, 0.4) is 0 Å². The molecule has 1 aromatic carbocycles. The molecule has 2 rings (SSSR count). The number of nitrogens with two attached hydrogens (primary N) is 1. The molecule has 0 aliphatic rings. The molecule has 0 saturated carbocycles. The molecule has 2 aromatic rings. The summed E-state index contributed by atoms with van der Waals surface area (Å²) in [6.07, 6.45) is 1.06. The van der Waals surface area contributed by atoms with Crippen LogP contribution in [-0.2, 0) is 0 Å². The first kappa shape index (κ1) is 10.9. The third-order valence-corrected chi connectivity index (χ3v) is 2.99. The zero-order chi connectivity index (χ0) is 11.5. The molecule has 0 fully saturated rings. The van der Waals surface area contributed by atoms with Crippen molar-refractivity contribution in [3.63, 3.8) is 0 Å². The normalized spacial score (nSPS) is 12.7. The van der Waals surface area contributed by atoms with Gasteiger partial charge in [-0.15, -0.1) is 0 Å². The number of rotatable bonds is 3. The highest BCUT2D eigenvalue weighted by Gasteiger charge is 2.11. The summed E-state index contributed by atoms with van der Waals surface area (Å²) in [5, 5.41) is 1.11. The van der Waals surface area contributed by atoms with Crippen molar-refractivity contribution < 1.29 is 0 Å². The standard InChI is InChI=1S/C13H17N3/c1-3-9(2)13-12(16-14)8-10-6-4-5-7-11(10)15-13/h4-9,16H,3,14H2,1-2H3. The number of hydrazine groups is 1. The van der Waals surface area contributed by atoms with E-state index in [-0.39, 0.29) is 0 Å². The van der Waals surface area contributed by atoms with Gasteiger partial charge < -0.3 is 5.43 Å². The molecule has 0 bridgehead atoms. The van der Waals surface area contributed by atoms with Gasteiger partial charge in [0.1, 0.15) is 0 Å². The van der Waals surface area contributed by atoms with Gasteiger partial charge in [0.15, 0.2) is 0 Å². The van der Waals surface area contributed by atoms with E-state index in [9.17, 15) is 0 Å². The maximum absolute atomic E-state index is 5.54. The summed E-state index contributed by atoms with van der Waals surface area (Å²) in [4.78, 5) is 4.67. The van der Waals surface area contributed by atoms with E-state index in [1.165, 1.54) is 0 Å². The number of hydrogen-bond donors (Lipinski definition) is 2. The Balaban J connectivity index is 2.62. The van der Waals surface area contributed by atoms with Crippen LogP contribution in [-0.4, -0.2) is 4.98 Å². The van der Waals surface area contributed by atoms with Crippen LogP contribution in [0.2, 0.25) is 0 Å². The summed E-state index contributed by atoms with van der Waals surface area (Å²) < 4.78 is 0. The third kappa shape index (κ3) is 1.86.